The summed E-state index contributed by atoms with van der Waals surface area (Å²) in [6.07, 6.45) is 2.94. The Balaban J connectivity index is 1.67. The lowest BCUT2D eigenvalue weighted by Gasteiger charge is -2.46. The number of fused-ring (bicyclic) bond motifs is 2. The topological polar surface area (TPSA) is 34.5 Å². The maximum absolute atomic E-state index is 13.1. The lowest BCUT2D eigenvalue weighted by Crippen LogP contribution is -2.51. The zero-order valence-corrected chi connectivity index (χ0v) is 15.7. The van der Waals surface area contributed by atoms with E-state index in [0.29, 0.717) is 18.5 Å². The Hall–Kier alpha value is -1.88. The predicted molar refractivity (Wildman–Crippen MR) is 100 cm³/mol. The Morgan fingerprint density at radius 2 is 2.23 bits per heavy atom. The number of esters is 1. The highest BCUT2D eigenvalue weighted by Crippen LogP contribution is 2.45. The van der Waals surface area contributed by atoms with Crippen LogP contribution in [0.1, 0.15) is 37.3 Å². The molecule has 0 N–H and O–H groups in total. The fourth-order valence-electron chi connectivity index (χ4n) is 4.92. The highest BCUT2D eigenvalue weighted by Gasteiger charge is 2.42. The minimum Gasteiger partial charge on any atom is -0.462 e. The maximum atomic E-state index is 13.1. The van der Waals surface area contributed by atoms with E-state index in [2.05, 4.69) is 47.8 Å². The molecule has 0 radical (unpaired) electrons. The van der Waals surface area contributed by atoms with Gasteiger partial charge in [-0.2, -0.15) is 0 Å². The number of hydrogen-bond donors (Lipinski definition) is 0. The Kier molecular flexibility index (Phi) is 4.51. The van der Waals surface area contributed by atoms with Crippen molar-refractivity contribution in [1.82, 2.24) is 9.47 Å². The number of ether oxygens (including phenoxy) is 1. The molecular formula is C21H27FN2O2. The number of benzene rings is 1. The molecule has 4 rings (SSSR count). The number of halogens is 1. The van der Waals surface area contributed by atoms with Gasteiger partial charge in [0.1, 0.15) is 12.8 Å². The molecule has 1 aromatic heterocycles. The molecule has 4 nitrogen and oxygen atoms in total. The van der Waals surface area contributed by atoms with Crippen molar-refractivity contribution in [3.63, 3.8) is 0 Å². The van der Waals surface area contributed by atoms with Gasteiger partial charge in [0, 0.05) is 42.7 Å². The standard InChI is InChI=1S/C21H27FN2O2/c1-4-24-11-15(21(25)26-12-13(2)22)8-17-16-6-5-7-18-20(16)14(9-19(17)24)10-23(18)3/h5-7,10,13,15,17,19H,4,8-9,11-12H2,1-3H3/t13?,15-,17?,19-/m1/s1. The average Bonchev–Trinajstić information content (AvgIpc) is 2.96. The third-order valence-electron chi connectivity index (χ3n) is 6.08. The fraction of sp³-hybridized carbons (Fsp3) is 0.571. The van der Waals surface area contributed by atoms with Crippen LogP contribution in [-0.4, -0.2) is 47.3 Å². The van der Waals surface area contributed by atoms with E-state index in [-0.39, 0.29) is 18.5 Å². The van der Waals surface area contributed by atoms with Gasteiger partial charge in [-0.1, -0.05) is 19.1 Å². The van der Waals surface area contributed by atoms with E-state index >= 15 is 0 Å². The third-order valence-corrected chi connectivity index (χ3v) is 6.08. The second-order valence-electron chi connectivity index (χ2n) is 7.82. The monoisotopic (exact) mass is 358 g/mol. The van der Waals surface area contributed by atoms with Crippen molar-refractivity contribution in [3.05, 3.63) is 35.5 Å². The number of piperidine rings is 1. The van der Waals surface area contributed by atoms with Crippen LogP contribution in [0.15, 0.2) is 24.4 Å². The van der Waals surface area contributed by atoms with Crippen LogP contribution in [0, 0.1) is 5.92 Å². The Morgan fingerprint density at radius 1 is 1.42 bits per heavy atom. The highest BCUT2D eigenvalue weighted by atomic mass is 19.1. The van der Waals surface area contributed by atoms with Gasteiger partial charge in [-0.05, 0) is 43.5 Å². The van der Waals surface area contributed by atoms with Crippen molar-refractivity contribution < 1.29 is 13.9 Å². The van der Waals surface area contributed by atoms with E-state index < -0.39 is 6.17 Å². The summed E-state index contributed by atoms with van der Waals surface area (Å²) < 4.78 is 20.5. The van der Waals surface area contributed by atoms with Crippen molar-refractivity contribution in [2.45, 2.75) is 44.8 Å². The van der Waals surface area contributed by atoms with Gasteiger partial charge in [0.15, 0.2) is 0 Å². The van der Waals surface area contributed by atoms with E-state index in [1.165, 1.54) is 29.0 Å². The Morgan fingerprint density at radius 3 is 2.96 bits per heavy atom. The van der Waals surface area contributed by atoms with Crippen molar-refractivity contribution in [3.8, 4) is 0 Å². The van der Waals surface area contributed by atoms with Crippen molar-refractivity contribution in [1.29, 1.82) is 0 Å². The second-order valence-corrected chi connectivity index (χ2v) is 7.82. The first-order valence-electron chi connectivity index (χ1n) is 9.61. The number of aromatic nitrogens is 1. The molecule has 2 unspecified atom stereocenters. The molecule has 0 amide bonds. The molecule has 140 valence electrons. The largest absolute Gasteiger partial charge is 0.462 e. The molecule has 5 heteroatoms. The molecule has 1 aliphatic carbocycles. The quantitative estimate of drug-likeness (QED) is 0.786. The van der Waals surface area contributed by atoms with Crippen molar-refractivity contribution in [2.75, 3.05) is 19.7 Å². The number of carbonyl (C=O) groups is 1. The molecule has 4 atom stereocenters. The van der Waals surface area contributed by atoms with Crippen LogP contribution in [-0.2, 0) is 23.0 Å². The van der Waals surface area contributed by atoms with Gasteiger partial charge in [0.05, 0.1) is 5.92 Å². The number of hydrogen-bond acceptors (Lipinski definition) is 3. The van der Waals surface area contributed by atoms with E-state index in [4.69, 9.17) is 4.74 Å². The molecule has 1 aliphatic heterocycles. The van der Waals surface area contributed by atoms with E-state index in [0.717, 1.165) is 19.4 Å². The van der Waals surface area contributed by atoms with E-state index in [1.807, 2.05) is 0 Å². The summed E-state index contributed by atoms with van der Waals surface area (Å²) in [5, 5.41) is 1.36. The minimum absolute atomic E-state index is 0.145. The fourth-order valence-corrected chi connectivity index (χ4v) is 4.92. The molecule has 2 heterocycles. The van der Waals surface area contributed by atoms with Gasteiger partial charge in [-0.3, -0.25) is 9.69 Å². The highest BCUT2D eigenvalue weighted by molar-refractivity contribution is 5.89. The number of aryl methyl sites for hydroxylation is 1. The second kappa shape index (κ2) is 6.69. The molecule has 0 saturated carbocycles. The Labute approximate surface area is 153 Å². The molecule has 0 bridgehead atoms. The first-order chi connectivity index (χ1) is 12.5. The van der Waals surface area contributed by atoms with Gasteiger partial charge < -0.3 is 9.30 Å². The number of nitrogens with zero attached hydrogens (tertiary/aromatic N) is 2. The summed E-state index contributed by atoms with van der Waals surface area (Å²) in [7, 11) is 2.10. The lowest BCUT2D eigenvalue weighted by atomic mass is 9.72. The molecule has 1 aromatic carbocycles. The number of alkyl halides is 1. The molecule has 2 aliphatic rings. The van der Waals surface area contributed by atoms with Crippen LogP contribution in [0.5, 0.6) is 0 Å². The van der Waals surface area contributed by atoms with Crippen LogP contribution in [0.2, 0.25) is 0 Å². The van der Waals surface area contributed by atoms with E-state index in [9.17, 15) is 9.18 Å². The smallest absolute Gasteiger partial charge is 0.310 e. The molecular weight excluding hydrogens is 331 g/mol. The van der Waals surface area contributed by atoms with Crippen molar-refractivity contribution >= 4 is 16.9 Å². The predicted octanol–water partition coefficient (Wildman–Crippen LogP) is 3.43. The van der Waals surface area contributed by atoms with Crippen LogP contribution in [0.4, 0.5) is 4.39 Å². The zero-order chi connectivity index (χ0) is 18.4. The van der Waals surface area contributed by atoms with Gasteiger partial charge >= 0.3 is 5.97 Å². The molecule has 1 fully saturated rings. The number of likely N-dealkylation sites (tertiary alicyclic amines) is 1. The minimum atomic E-state index is -1.12. The summed E-state index contributed by atoms with van der Waals surface area (Å²) >= 11 is 0. The normalized spacial score (nSPS) is 26.5. The summed E-state index contributed by atoms with van der Waals surface area (Å²) in [5.74, 6) is -0.115. The zero-order valence-electron chi connectivity index (χ0n) is 15.7. The molecule has 2 aromatic rings. The molecule has 0 spiro atoms. The first kappa shape index (κ1) is 17.5. The summed E-state index contributed by atoms with van der Waals surface area (Å²) in [6.45, 7) is 5.03. The third kappa shape index (κ3) is 2.82. The lowest BCUT2D eigenvalue weighted by molar-refractivity contribution is -0.153. The van der Waals surface area contributed by atoms with Crippen LogP contribution in [0.25, 0.3) is 10.9 Å². The number of likely N-dealkylation sites (N-methyl/N-ethyl adjacent to an activating group) is 1. The Bertz CT molecular complexity index is 829. The molecule has 26 heavy (non-hydrogen) atoms. The van der Waals surface area contributed by atoms with Gasteiger partial charge in [0.25, 0.3) is 0 Å². The molecule has 1 saturated heterocycles. The van der Waals surface area contributed by atoms with Gasteiger partial charge in [-0.25, -0.2) is 4.39 Å². The summed E-state index contributed by atoms with van der Waals surface area (Å²) in [5.41, 5.74) is 4.02. The first-order valence-corrected chi connectivity index (χ1v) is 9.61. The van der Waals surface area contributed by atoms with Gasteiger partial charge in [-0.15, -0.1) is 0 Å². The summed E-state index contributed by atoms with van der Waals surface area (Å²) in [6, 6.07) is 6.92. The number of rotatable bonds is 4. The van der Waals surface area contributed by atoms with Crippen LogP contribution >= 0.6 is 0 Å². The van der Waals surface area contributed by atoms with Crippen molar-refractivity contribution in [2.24, 2.45) is 13.0 Å². The summed E-state index contributed by atoms with van der Waals surface area (Å²) in [4.78, 5) is 14.9. The van der Waals surface area contributed by atoms with Crippen LogP contribution < -0.4 is 0 Å². The van der Waals surface area contributed by atoms with E-state index in [1.54, 1.807) is 0 Å². The SMILES string of the molecule is CCN1C[C@H](C(=O)OCC(C)F)CC2c3cccc4c3c(cn4C)C[C@H]21. The number of carbonyl (C=O) groups excluding carboxylic acids is 1. The maximum Gasteiger partial charge on any atom is 0.310 e. The van der Waals surface area contributed by atoms with Gasteiger partial charge in [0.2, 0.25) is 0 Å². The average molecular weight is 358 g/mol. The van der Waals surface area contributed by atoms with Crippen LogP contribution in [0.3, 0.4) is 0 Å².